The number of aliphatic hydroxyl groups is 1. The predicted molar refractivity (Wildman–Crippen MR) is 142 cm³/mol. The number of aliphatic hydroxyl groups excluding tert-OH is 1. The van der Waals surface area contributed by atoms with E-state index in [2.05, 4.69) is 0 Å². The summed E-state index contributed by atoms with van der Waals surface area (Å²) in [6, 6.07) is 26.7. The van der Waals surface area contributed by atoms with E-state index in [4.69, 9.17) is 26.2 Å². The van der Waals surface area contributed by atoms with E-state index in [0.717, 1.165) is 16.6 Å². The van der Waals surface area contributed by atoms with Gasteiger partial charge in [-0.1, -0.05) is 72.3 Å². The molecule has 1 aliphatic rings. The monoisotopic (exact) mass is 510 g/mol. The smallest absolute Gasteiger partial charge is 0.199 e. The van der Waals surface area contributed by atoms with E-state index >= 15 is 0 Å². The van der Waals surface area contributed by atoms with Crippen LogP contribution in [0.1, 0.15) is 27.0 Å². The van der Waals surface area contributed by atoms with Crippen LogP contribution < -0.4 is 9.47 Å². The van der Waals surface area contributed by atoms with Crippen molar-refractivity contribution >= 4 is 28.3 Å². The van der Waals surface area contributed by atoms with Crippen molar-refractivity contribution in [2.45, 2.75) is 19.8 Å². The van der Waals surface area contributed by atoms with Gasteiger partial charge in [0, 0.05) is 5.39 Å². The van der Waals surface area contributed by atoms with Gasteiger partial charge in [-0.15, -0.1) is 0 Å². The lowest BCUT2D eigenvalue weighted by atomic mass is 9.86. The number of halogens is 1. The Morgan fingerprint density at radius 1 is 0.757 bits per heavy atom. The van der Waals surface area contributed by atoms with Crippen molar-refractivity contribution in [3.63, 3.8) is 0 Å². The predicted octanol–water partition coefficient (Wildman–Crippen LogP) is 6.05. The van der Waals surface area contributed by atoms with Crippen molar-refractivity contribution in [1.29, 1.82) is 0 Å². The number of fused-ring (bicyclic) bond motifs is 2. The third-order valence-corrected chi connectivity index (χ3v) is 6.79. The first-order valence-electron chi connectivity index (χ1n) is 12.0. The quantitative estimate of drug-likeness (QED) is 0.270. The molecule has 5 aromatic rings. The molecule has 0 fully saturated rings. The normalized spacial score (nSPS) is 12.0. The Kier molecular flexibility index (Phi) is 6.12. The van der Waals surface area contributed by atoms with Crippen LogP contribution in [0.2, 0.25) is 5.02 Å². The molecule has 0 saturated carbocycles. The molecule has 4 aromatic carbocycles. The van der Waals surface area contributed by atoms with Crippen molar-refractivity contribution in [2.75, 3.05) is 6.61 Å². The van der Waals surface area contributed by atoms with Gasteiger partial charge in [0.05, 0.1) is 40.4 Å². The molecule has 1 aromatic heterocycles. The number of carbonyl (C=O) groups is 1. The Morgan fingerprint density at radius 2 is 1.35 bits per heavy atom. The molecule has 1 aliphatic carbocycles. The molecule has 6 rings (SSSR count). The van der Waals surface area contributed by atoms with Gasteiger partial charge in [-0.2, -0.15) is 5.10 Å². The number of benzene rings is 4. The van der Waals surface area contributed by atoms with Crippen LogP contribution in [0, 0.1) is 0 Å². The Labute approximate surface area is 218 Å². The second kappa shape index (κ2) is 9.73. The third-order valence-electron chi connectivity index (χ3n) is 6.47. The Morgan fingerprint density at radius 3 is 1.95 bits per heavy atom. The van der Waals surface area contributed by atoms with Gasteiger partial charge in [0.1, 0.15) is 30.4 Å². The van der Waals surface area contributed by atoms with Crippen molar-refractivity contribution < 1.29 is 19.4 Å². The first-order valence-corrected chi connectivity index (χ1v) is 12.4. The molecule has 0 bridgehead atoms. The van der Waals surface area contributed by atoms with E-state index in [0.29, 0.717) is 57.5 Å². The van der Waals surface area contributed by atoms with Gasteiger partial charge in [0.25, 0.3) is 0 Å². The first kappa shape index (κ1) is 23.3. The van der Waals surface area contributed by atoms with Crippen LogP contribution in [-0.4, -0.2) is 27.3 Å². The molecular weight excluding hydrogens is 488 g/mol. The Bertz CT molecular complexity index is 1610. The van der Waals surface area contributed by atoms with Crippen LogP contribution in [0.4, 0.5) is 0 Å². The highest BCUT2D eigenvalue weighted by Crippen LogP contribution is 2.48. The second-order valence-electron chi connectivity index (χ2n) is 8.80. The van der Waals surface area contributed by atoms with E-state index in [1.54, 1.807) is 16.8 Å². The van der Waals surface area contributed by atoms with Gasteiger partial charge >= 0.3 is 0 Å². The highest BCUT2D eigenvalue weighted by molar-refractivity contribution is 6.39. The van der Waals surface area contributed by atoms with Gasteiger partial charge in [-0.25, -0.2) is 0 Å². The average molecular weight is 511 g/mol. The molecule has 0 atom stereocenters. The third kappa shape index (κ3) is 4.14. The Balaban J connectivity index is 1.52. The van der Waals surface area contributed by atoms with Gasteiger partial charge in [0.15, 0.2) is 5.78 Å². The molecule has 6 nitrogen and oxygen atoms in total. The fourth-order valence-corrected chi connectivity index (χ4v) is 5.01. The van der Waals surface area contributed by atoms with Crippen LogP contribution in [0.5, 0.6) is 11.5 Å². The lowest BCUT2D eigenvalue weighted by molar-refractivity contribution is 0.103. The summed E-state index contributed by atoms with van der Waals surface area (Å²) in [6.07, 6.45) is 0. The number of hydrogen-bond donors (Lipinski definition) is 1. The van der Waals surface area contributed by atoms with Gasteiger partial charge in [-0.05, 0) is 35.4 Å². The molecule has 37 heavy (non-hydrogen) atoms. The van der Waals surface area contributed by atoms with Crippen LogP contribution in [0.15, 0.2) is 84.9 Å². The average Bonchev–Trinajstić information content (AvgIpc) is 3.29. The molecule has 1 heterocycles. The molecule has 0 amide bonds. The number of ketones is 1. The summed E-state index contributed by atoms with van der Waals surface area (Å²) < 4.78 is 14.2. The van der Waals surface area contributed by atoms with Gasteiger partial charge < -0.3 is 14.6 Å². The van der Waals surface area contributed by atoms with Crippen LogP contribution >= 0.6 is 11.6 Å². The maximum Gasteiger partial charge on any atom is 0.199 e. The number of rotatable bonds is 8. The molecule has 0 aliphatic heterocycles. The first-order chi connectivity index (χ1) is 18.2. The molecule has 0 radical (unpaired) electrons. The fourth-order valence-electron chi connectivity index (χ4n) is 4.77. The number of nitrogens with zero attached hydrogens (tertiary/aromatic N) is 2. The van der Waals surface area contributed by atoms with Crippen molar-refractivity contribution in [3.8, 4) is 22.8 Å². The van der Waals surface area contributed by atoms with Gasteiger partial charge in [0.2, 0.25) is 0 Å². The van der Waals surface area contributed by atoms with E-state index < -0.39 is 0 Å². The summed E-state index contributed by atoms with van der Waals surface area (Å²) in [4.78, 5) is 14.0. The summed E-state index contributed by atoms with van der Waals surface area (Å²) in [7, 11) is 0. The van der Waals surface area contributed by atoms with Crippen LogP contribution in [-0.2, 0) is 19.8 Å². The van der Waals surface area contributed by atoms with Crippen LogP contribution in [0.3, 0.4) is 0 Å². The Hall–Kier alpha value is -4.13. The minimum Gasteiger partial charge on any atom is -0.488 e. The fraction of sp³-hybridized carbons (Fsp3) is 0.133. The molecule has 184 valence electrons. The van der Waals surface area contributed by atoms with Crippen molar-refractivity contribution in [1.82, 2.24) is 9.78 Å². The lowest BCUT2D eigenvalue weighted by Crippen LogP contribution is -2.14. The molecular formula is C30H23ClN2O4. The summed E-state index contributed by atoms with van der Waals surface area (Å²) in [6.45, 7) is 0.821. The molecule has 7 heteroatoms. The topological polar surface area (TPSA) is 73.6 Å². The highest BCUT2D eigenvalue weighted by Gasteiger charge is 2.35. The minimum atomic E-state index is -0.241. The van der Waals surface area contributed by atoms with E-state index in [1.165, 1.54) is 0 Å². The second-order valence-corrected chi connectivity index (χ2v) is 9.21. The number of carbonyl (C=O) groups excluding carboxylic acids is 1. The maximum absolute atomic E-state index is 14.0. The minimum absolute atomic E-state index is 0.0907. The van der Waals surface area contributed by atoms with Crippen molar-refractivity contribution in [2.24, 2.45) is 0 Å². The van der Waals surface area contributed by atoms with Gasteiger partial charge in [-0.3, -0.25) is 9.48 Å². The summed E-state index contributed by atoms with van der Waals surface area (Å²) in [5, 5.41) is 15.4. The molecule has 1 N–H and O–H groups in total. The lowest BCUT2D eigenvalue weighted by Gasteiger charge is -2.22. The summed E-state index contributed by atoms with van der Waals surface area (Å²) in [5.41, 5.74) is 4.63. The largest absolute Gasteiger partial charge is 0.488 e. The number of ether oxygens (including phenoxy) is 2. The SMILES string of the molecule is O=C1c2c(OCc3ccccc3)ccc(OCc3ccccc3)c2-c2nn(CCO)c3ccc(Cl)c1c23. The number of hydrogen-bond acceptors (Lipinski definition) is 5. The molecule has 0 saturated heterocycles. The number of aromatic nitrogens is 2. The zero-order chi connectivity index (χ0) is 25.4. The highest BCUT2D eigenvalue weighted by atomic mass is 35.5. The molecule has 0 unspecified atom stereocenters. The van der Waals surface area contributed by atoms with E-state index in [1.807, 2.05) is 72.8 Å². The zero-order valence-corrected chi connectivity index (χ0v) is 20.6. The van der Waals surface area contributed by atoms with E-state index in [-0.39, 0.29) is 18.9 Å². The summed E-state index contributed by atoms with van der Waals surface area (Å²) in [5.74, 6) is 0.724. The van der Waals surface area contributed by atoms with E-state index in [9.17, 15) is 9.90 Å². The van der Waals surface area contributed by atoms with Crippen molar-refractivity contribution in [3.05, 3.63) is 112 Å². The standard InChI is InChI=1S/C30H23ClN2O4/c31-21-11-12-22-26-25(21)30(35)28-24(37-18-20-9-5-2-6-10-20)14-13-23(36-17-19-7-3-1-4-8-19)27(28)29(26)32-33(22)15-16-34/h1-14,34H,15-18H2. The molecule has 0 spiro atoms. The maximum atomic E-state index is 14.0. The summed E-state index contributed by atoms with van der Waals surface area (Å²) >= 11 is 6.58. The zero-order valence-electron chi connectivity index (χ0n) is 19.9. The van der Waals surface area contributed by atoms with Crippen LogP contribution in [0.25, 0.3) is 22.2 Å².